The van der Waals surface area contributed by atoms with Crippen LogP contribution in [-0.2, 0) is 9.47 Å². The molecule has 4 heteroatoms. The third-order valence-electron chi connectivity index (χ3n) is 5.12. The second-order valence-electron chi connectivity index (χ2n) is 6.43. The zero-order valence-corrected chi connectivity index (χ0v) is 12.2. The van der Waals surface area contributed by atoms with Crippen molar-refractivity contribution in [3.8, 4) is 0 Å². The van der Waals surface area contributed by atoms with Crippen molar-refractivity contribution in [3.63, 3.8) is 0 Å². The quantitative estimate of drug-likeness (QED) is 0.839. The van der Waals surface area contributed by atoms with E-state index in [0.717, 1.165) is 38.8 Å². The van der Waals surface area contributed by atoms with Gasteiger partial charge in [0.2, 0.25) is 0 Å². The van der Waals surface area contributed by atoms with Gasteiger partial charge in [-0.15, -0.1) is 0 Å². The minimum absolute atomic E-state index is 0.0462. The maximum atomic E-state index is 6.08. The lowest BCUT2D eigenvalue weighted by Crippen LogP contribution is -2.55. The second-order valence-corrected chi connectivity index (χ2v) is 6.43. The number of ether oxygens (including phenoxy) is 2. The molecule has 0 aromatic rings. The van der Waals surface area contributed by atoms with Crippen molar-refractivity contribution in [2.24, 2.45) is 0 Å². The van der Waals surface area contributed by atoms with E-state index in [2.05, 4.69) is 17.3 Å². The molecule has 3 aliphatic rings. The number of rotatable bonds is 3. The number of piperidine rings is 1. The average molecular weight is 268 g/mol. The zero-order valence-electron chi connectivity index (χ0n) is 12.2. The Hall–Kier alpha value is -0.160. The number of nitrogens with one attached hydrogen (secondary N) is 1. The van der Waals surface area contributed by atoms with Gasteiger partial charge in [0.15, 0.2) is 0 Å². The fraction of sp³-hybridized carbons (Fsp3) is 1.00. The van der Waals surface area contributed by atoms with E-state index in [9.17, 15) is 0 Å². The van der Waals surface area contributed by atoms with Crippen molar-refractivity contribution >= 4 is 0 Å². The van der Waals surface area contributed by atoms with E-state index in [1.54, 1.807) is 0 Å². The normalized spacial score (nSPS) is 40.9. The van der Waals surface area contributed by atoms with Crippen LogP contribution in [0.15, 0.2) is 0 Å². The highest BCUT2D eigenvalue weighted by Crippen LogP contribution is 2.36. The molecule has 3 atom stereocenters. The van der Waals surface area contributed by atoms with Crippen molar-refractivity contribution in [2.75, 3.05) is 40.0 Å². The number of likely N-dealkylation sites (tertiary alicyclic amines) is 1. The monoisotopic (exact) mass is 268 g/mol. The summed E-state index contributed by atoms with van der Waals surface area (Å²) in [5, 5.41) is 3.37. The van der Waals surface area contributed by atoms with Crippen LogP contribution in [0.25, 0.3) is 0 Å². The van der Waals surface area contributed by atoms with E-state index < -0.39 is 0 Å². The third-order valence-corrected chi connectivity index (χ3v) is 5.12. The average Bonchev–Trinajstić information content (AvgIpc) is 2.88. The summed E-state index contributed by atoms with van der Waals surface area (Å²) in [5.41, 5.74) is 0.0462. The van der Waals surface area contributed by atoms with Gasteiger partial charge in [0, 0.05) is 38.3 Å². The Bertz CT molecular complexity index is 290. The van der Waals surface area contributed by atoms with E-state index in [0.29, 0.717) is 6.04 Å². The van der Waals surface area contributed by atoms with Gasteiger partial charge in [-0.1, -0.05) is 6.42 Å². The summed E-state index contributed by atoms with van der Waals surface area (Å²) < 4.78 is 11.7. The van der Waals surface area contributed by atoms with Gasteiger partial charge in [-0.25, -0.2) is 0 Å². The fourth-order valence-corrected chi connectivity index (χ4v) is 4.11. The summed E-state index contributed by atoms with van der Waals surface area (Å²) in [6.07, 6.45) is 7.56. The Kier molecular flexibility index (Phi) is 4.42. The van der Waals surface area contributed by atoms with Crippen molar-refractivity contribution < 1.29 is 9.47 Å². The standard InChI is InChI=1S/C15H28N2O2/c1-16-11-14-4-2-3-7-17(14)13-5-8-19-15(10-13)6-9-18-12-15/h13-14,16H,2-12H2,1H3. The van der Waals surface area contributed by atoms with Gasteiger partial charge in [0.25, 0.3) is 0 Å². The van der Waals surface area contributed by atoms with Crippen LogP contribution in [0.5, 0.6) is 0 Å². The van der Waals surface area contributed by atoms with Crippen molar-refractivity contribution in [2.45, 2.75) is 56.2 Å². The fourth-order valence-electron chi connectivity index (χ4n) is 4.11. The summed E-state index contributed by atoms with van der Waals surface area (Å²) in [4.78, 5) is 2.77. The first kappa shape index (κ1) is 13.8. The first-order chi connectivity index (χ1) is 9.33. The highest BCUT2D eigenvalue weighted by Gasteiger charge is 2.43. The number of nitrogens with zero attached hydrogens (tertiary/aromatic N) is 1. The lowest BCUT2D eigenvalue weighted by molar-refractivity contribution is -0.113. The molecule has 0 radical (unpaired) electrons. The van der Waals surface area contributed by atoms with Gasteiger partial charge in [-0.05, 0) is 39.3 Å². The maximum absolute atomic E-state index is 6.08. The number of likely N-dealkylation sites (N-methyl/N-ethyl adjacent to an activating group) is 1. The molecule has 3 heterocycles. The molecule has 0 aromatic carbocycles. The van der Waals surface area contributed by atoms with Crippen LogP contribution in [0.3, 0.4) is 0 Å². The molecule has 3 fully saturated rings. The SMILES string of the molecule is CNCC1CCCCN1C1CCOC2(CCOC2)C1. The molecule has 1 spiro atoms. The van der Waals surface area contributed by atoms with E-state index in [1.165, 1.54) is 38.6 Å². The smallest absolute Gasteiger partial charge is 0.0951 e. The van der Waals surface area contributed by atoms with Gasteiger partial charge >= 0.3 is 0 Å². The predicted molar refractivity (Wildman–Crippen MR) is 75.4 cm³/mol. The van der Waals surface area contributed by atoms with Crippen LogP contribution in [-0.4, -0.2) is 62.5 Å². The molecule has 19 heavy (non-hydrogen) atoms. The Balaban J connectivity index is 1.65. The third kappa shape index (κ3) is 2.97. The minimum atomic E-state index is 0.0462. The molecule has 3 rings (SSSR count). The van der Waals surface area contributed by atoms with Crippen LogP contribution < -0.4 is 5.32 Å². The highest BCUT2D eigenvalue weighted by molar-refractivity contribution is 4.95. The predicted octanol–water partition coefficient (Wildman–Crippen LogP) is 1.40. The van der Waals surface area contributed by atoms with Crippen molar-refractivity contribution in [3.05, 3.63) is 0 Å². The molecular formula is C15H28N2O2. The molecular weight excluding hydrogens is 240 g/mol. The van der Waals surface area contributed by atoms with Crippen LogP contribution in [0.4, 0.5) is 0 Å². The van der Waals surface area contributed by atoms with Gasteiger partial charge < -0.3 is 14.8 Å². The topological polar surface area (TPSA) is 33.7 Å². The van der Waals surface area contributed by atoms with E-state index >= 15 is 0 Å². The van der Waals surface area contributed by atoms with Gasteiger partial charge in [0.05, 0.1) is 12.2 Å². The molecule has 0 amide bonds. The van der Waals surface area contributed by atoms with Crippen LogP contribution in [0.1, 0.15) is 38.5 Å². The lowest BCUT2D eigenvalue weighted by atomic mass is 9.86. The highest BCUT2D eigenvalue weighted by atomic mass is 16.6. The molecule has 0 saturated carbocycles. The van der Waals surface area contributed by atoms with Gasteiger partial charge in [-0.3, -0.25) is 4.90 Å². The Labute approximate surface area is 116 Å². The summed E-state index contributed by atoms with van der Waals surface area (Å²) in [7, 11) is 2.07. The van der Waals surface area contributed by atoms with E-state index in [-0.39, 0.29) is 5.60 Å². The number of hydrogen-bond acceptors (Lipinski definition) is 4. The molecule has 1 N–H and O–H groups in total. The Morgan fingerprint density at radius 3 is 3.00 bits per heavy atom. The van der Waals surface area contributed by atoms with E-state index in [4.69, 9.17) is 9.47 Å². The lowest BCUT2D eigenvalue weighted by Gasteiger charge is -2.47. The first-order valence-corrected chi connectivity index (χ1v) is 7.95. The molecule has 3 aliphatic heterocycles. The molecule has 4 nitrogen and oxygen atoms in total. The summed E-state index contributed by atoms with van der Waals surface area (Å²) in [6, 6.07) is 1.43. The van der Waals surface area contributed by atoms with Gasteiger partial charge in [-0.2, -0.15) is 0 Å². The zero-order chi connectivity index (χ0) is 13.1. The molecule has 3 unspecified atom stereocenters. The maximum Gasteiger partial charge on any atom is 0.0951 e. The number of hydrogen-bond donors (Lipinski definition) is 1. The largest absolute Gasteiger partial charge is 0.378 e. The van der Waals surface area contributed by atoms with E-state index in [1.807, 2.05) is 0 Å². The molecule has 0 bridgehead atoms. The molecule has 0 aliphatic carbocycles. The Morgan fingerprint density at radius 2 is 2.21 bits per heavy atom. The molecule has 110 valence electrons. The molecule has 3 saturated heterocycles. The van der Waals surface area contributed by atoms with Crippen molar-refractivity contribution in [1.29, 1.82) is 0 Å². The minimum Gasteiger partial charge on any atom is -0.378 e. The second kappa shape index (κ2) is 6.08. The summed E-state index contributed by atoms with van der Waals surface area (Å²) >= 11 is 0. The summed E-state index contributed by atoms with van der Waals surface area (Å²) in [5.74, 6) is 0. The van der Waals surface area contributed by atoms with Crippen LogP contribution in [0.2, 0.25) is 0 Å². The Morgan fingerprint density at radius 1 is 1.26 bits per heavy atom. The first-order valence-electron chi connectivity index (χ1n) is 7.95. The molecule has 0 aromatic heterocycles. The van der Waals surface area contributed by atoms with Gasteiger partial charge in [0.1, 0.15) is 0 Å². The van der Waals surface area contributed by atoms with Crippen LogP contribution in [0, 0.1) is 0 Å². The summed E-state index contributed by atoms with van der Waals surface area (Å²) in [6.45, 7) is 5.01. The van der Waals surface area contributed by atoms with Crippen molar-refractivity contribution in [1.82, 2.24) is 10.2 Å². The van der Waals surface area contributed by atoms with Crippen LogP contribution >= 0.6 is 0 Å².